The minimum atomic E-state index is -0.588. The van der Waals surface area contributed by atoms with Crippen LogP contribution in [0.4, 0.5) is 0 Å². The second kappa shape index (κ2) is 15.2. The Labute approximate surface area is 209 Å². The number of nitrogens with two attached hydrogens (primary N) is 2. The molecule has 0 radical (unpaired) electrons. The van der Waals surface area contributed by atoms with Crippen molar-refractivity contribution < 1.29 is 19.2 Å². The fraction of sp³-hybridized carbons (Fsp3) is 0.833. The van der Waals surface area contributed by atoms with Crippen molar-refractivity contribution in [3.63, 3.8) is 0 Å². The third-order valence-electron chi connectivity index (χ3n) is 6.75. The summed E-state index contributed by atoms with van der Waals surface area (Å²) < 4.78 is 0. The van der Waals surface area contributed by atoms with Crippen LogP contribution in [0, 0.1) is 28.6 Å². The van der Waals surface area contributed by atoms with E-state index in [2.05, 4.69) is 20.7 Å². The summed E-state index contributed by atoms with van der Waals surface area (Å²) in [6.45, 7) is 12.3. The summed E-state index contributed by atoms with van der Waals surface area (Å²) in [5.74, 6) is -3.12. The van der Waals surface area contributed by atoms with Gasteiger partial charge in [0.15, 0.2) is 0 Å². The first kappa shape index (κ1) is 32.2. The molecule has 0 heterocycles. The molecule has 0 rings (SSSR count). The van der Waals surface area contributed by atoms with Crippen LogP contribution in [-0.2, 0) is 19.2 Å². The smallest absolute Gasteiger partial charge is 0.225 e. The van der Waals surface area contributed by atoms with E-state index in [0.717, 1.165) is 6.42 Å². The highest BCUT2D eigenvalue weighted by Crippen LogP contribution is 2.38. The van der Waals surface area contributed by atoms with Gasteiger partial charge in [0.25, 0.3) is 0 Å². The molecule has 0 aliphatic rings. The molecule has 0 bridgehead atoms. The lowest BCUT2D eigenvalue weighted by Crippen LogP contribution is -2.43. The molecular formula is C24H45N7O4. The number of primary amides is 2. The zero-order chi connectivity index (χ0) is 27.2. The average Bonchev–Trinajstić information content (AvgIpc) is 2.75. The molecular weight excluding hydrogens is 450 g/mol. The molecule has 6 N–H and O–H groups in total. The van der Waals surface area contributed by atoms with Crippen molar-refractivity contribution in [2.45, 2.75) is 80.1 Å². The maximum Gasteiger partial charge on any atom is 0.225 e. The molecule has 0 fully saturated rings. The number of azide groups is 1. The number of unbranched alkanes of at least 4 members (excludes halogenated alkanes) is 2. The normalized spacial score (nSPS) is 14.2. The van der Waals surface area contributed by atoms with Crippen molar-refractivity contribution in [3.8, 4) is 0 Å². The van der Waals surface area contributed by atoms with Crippen molar-refractivity contribution in [3.05, 3.63) is 10.4 Å². The van der Waals surface area contributed by atoms with Crippen molar-refractivity contribution in [1.29, 1.82) is 0 Å². The molecule has 0 aliphatic carbocycles. The third-order valence-corrected chi connectivity index (χ3v) is 6.75. The van der Waals surface area contributed by atoms with Crippen LogP contribution < -0.4 is 22.1 Å². The van der Waals surface area contributed by atoms with E-state index in [-0.39, 0.29) is 31.2 Å². The van der Waals surface area contributed by atoms with E-state index in [9.17, 15) is 19.2 Å². The fourth-order valence-corrected chi connectivity index (χ4v) is 4.00. The van der Waals surface area contributed by atoms with Crippen LogP contribution in [0.15, 0.2) is 5.11 Å². The van der Waals surface area contributed by atoms with Crippen molar-refractivity contribution >= 4 is 23.6 Å². The molecule has 11 heteroatoms. The van der Waals surface area contributed by atoms with E-state index < -0.39 is 40.4 Å². The first-order valence-electron chi connectivity index (χ1n) is 12.3. The Bertz CT molecular complexity index is 770. The van der Waals surface area contributed by atoms with Crippen LogP contribution in [-0.4, -0.2) is 43.3 Å². The van der Waals surface area contributed by atoms with Gasteiger partial charge in [0.1, 0.15) is 6.54 Å². The highest BCUT2D eigenvalue weighted by Gasteiger charge is 2.39. The molecule has 0 aromatic heterocycles. The maximum atomic E-state index is 13.2. The van der Waals surface area contributed by atoms with Gasteiger partial charge < -0.3 is 22.1 Å². The van der Waals surface area contributed by atoms with Crippen LogP contribution in [0.25, 0.3) is 10.4 Å². The van der Waals surface area contributed by atoms with Gasteiger partial charge in [-0.15, -0.1) is 0 Å². The van der Waals surface area contributed by atoms with E-state index in [0.29, 0.717) is 32.4 Å². The number of carbonyl (C=O) groups excluding carboxylic acids is 4. The van der Waals surface area contributed by atoms with Gasteiger partial charge in [-0.2, -0.15) is 0 Å². The van der Waals surface area contributed by atoms with Gasteiger partial charge in [0, 0.05) is 35.8 Å². The number of nitrogens with one attached hydrogen (secondary N) is 2. The molecule has 0 spiro atoms. The molecule has 0 saturated carbocycles. The lowest BCUT2D eigenvalue weighted by atomic mass is 9.68. The molecule has 3 atom stereocenters. The van der Waals surface area contributed by atoms with E-state index in [4.69, 9.17) is 17.0 Å². The predicted octanol–water partition coefficient (Wildman–Crippen LogP) is 2.78. The quantitative estimate of drug-likeness (QED) is 0.104. The van der Waals surface area contributed by atoms with Gasteiger partial charge >= 0.3 is 0 Å². The van der Waals surface area contributed by atoms with Crippen LogP contribution in [0.3, 0.4) is 0 Å². The van der Waals surface area contributed by atoms with E-state index in [1.54, 1.807) is 0 Å². The Hall–Kier alpha value is -2.81. The minimum absolute atomic E-state index is 0.221. The molecule has 0 aliphatic heterocycles. The minimum Gasteiger partial charge on any atom is -0.369 e. The van der Waals surface area contributed by atoms with E-state index >= 15 is 0 Å². The van der Waals surface area contributed by atoms with Crippen LogP contribution >= 0.6 is 0 Å². The number of rotatable bonds is 17. The van der Waals surface area contributed by atoms with Crippen LogP contribution in [0.2, 0.25) is 0 Å². The third kappa shape index (κ3) is 12.5. The largest absolute Gasteiger partial charge is 0.369 e. The number of nitrogens with zero attached hydrogens (tertiary/aromatic N) is 3. The summed E-state index contributed by atoms with van der Waals surface area (Å²) in [4.78, 5) is 51.6. The number of amides is 4. The maximum absolute atomic E-state index is 13.2. The number of hydrogen-bond donors (Lipinski definition) is 4. The topological polar surface area (TPSA) is 193 Å². The van der Waals surface area contributed by atoms with Gasteiger partial charge in [-0.05, 0) is 48.5 Å². The summed E-state index contributed by atoms with van der Waals surface area (Å²) in [6.07, 6.45) is 3.38. The Morgan fingerprint density at radius 3 is 1.86 bits per heavy atom. The van der Waals surface area contributed by atoms with E-state index in [1.807, 2.05) is 41.5 Å². The Balaban J connectivity index is 5.14. The summed E-state index contributed by atoms with van der Waals surface area (Å²) >= 11 is 0. The summed E-state index contributed by atoms with van der Waals surface area (Å²) in [7, 11) is 0. The second-order valence-corrected chi connectivity index (χ2v) is 10.9. The van der Waals surface area contributed by atoms with Gasteiger partial charge in [0.05, 0.1) is 0 Å². The van der Waals surface area contributed by atoms with E-state index in [1.165, 1.54) is 0 Å². The van der Waals surface area contributed by atoms with Gasteiger partial charge in [-0.25, -0.2) is 0 Å². The van der Waals surface area contributed by atoms with Crippen LogP contribution in [0.1, 0.15) is 80.1 Å². The average molecular weight is 496 g/mol. The first-order chi connectivity index (χ1) is 16.2. The monoisotopic (exact) mass is 495 g/mol. The summed E-state index contributed by atoms with van der Waals surface area (Å²) in [6, 6.07) is 0. The first-order valence-corrected chi connectivity index (χ1v) is 12.3. The second-order valence-electron chi connectivity index (χ2n) is 10.9. The van der Waals surface area contributed by atoms with Gasteiger partial charge in [0.2, 0.25) is 23.6 Å². The molecule has 0 aromatic carbocycles. The Morgan fingerprint density at radius 2 is 1.40 bits per heavy atom. The molecule has 35 heavy (non-hydrogen) atoms. The summed E-state index contributed by atoms with van der Waals surface area (Å²) in [5, 5.41) is 8.79. The zero-order valence-corrected chi connectivity index (χ0v) is 22.2. The molecule has 0 aromatic rings. The van der Waals surface area contributed by atoms with Gasteiger partial charge in [-0.1, -0.05) is 53.1 Å². The lowest BCUT2D eigenvalue weighted by molar-refractivity contribution is -0.131. The highest BCUT2D eigenvalue weighted by molar-refractivity contribution is 5.83. The number of hydrogen-bond acceptors (Lipinski definition) is 5. The number of carbonyl (C=O) groups is 4. The van der Waals surface area contributed by atoms with Gasteiger partial charge in [-0.3, -0.25) is 19.2 Å². The van der Waals surface area contributed by atoms with Crippen molar-refractivity contribution in [1.82, 2.24) is 10.6 Å². The summed E-state index contributed by atoms with van der Waals surface area (Å²) in [5.41, 5.74) is 18.8. The van der Waals surface area contributed by atoms with Crippen molar-refractivity contribution in [2.75, 3.05) is 19.6 Å². The molecule has 11 nitrogen and oxygen atoms in total. The molecule has 4 amide bonds. The highest BCUT2D eigenvalue weighted by atomic mass is 16.2. The SMILES string of the molecule is CCC(C)(C)C(CC(CC(C(N)=O)C(C)(C)C)C(=O)NCCCCCNC(=O)CN=[N+]=[N-])C(N)=O. The Kier molecular flexibility index (Phi) is 14.0. The predicted molar refractivity (Wildman–Crippen MR) is 136 cm³/mol. The van der Waals surface area contributed by atoms with Crippen molar-refractivity contribution in [2.24, 2.45) is 45.2 Å². The molecule has 0 saturated heterocycles. The standard InChI is InChI=1S/C24H45N7O4/c1-7-24(5,6)18(21(26)34)14-16(13-17(20(25)33)23(2,3)4)22(35)29-12-10-8-9-11-28-19(32)15-30-31-27/h16-18H,7-15H2,1-6H3,(H2,25,33)(H2,26,34)(H,28,32)(H,29,35). The Morgan fingerprint density at radius 1 is 0.886 bits per heavy atom. The molecule has 3 unspecified atom stereocenters. The fourth-order valence-electron chi connectivity index (χ4n) is 4.00. The van der Waals surface area contributed by atoms with Crippen LogP contribution in [0.5, 0.6) is 0 Å². The zero-order valence-electron chi connectivity index (χ0n) is 22.2. The molecule has 200 valence electrons. The lowest BCUT2D eigenvalue weighted by Gasteiger charge is -2.36.